The van der Waals surface area contributed by atoms with Crippen LogP contribution >= 0.6 is 0 Å². The average molecular weight is 318 g/mol. The Morgan fingerprint density at radius 2 is 1.55 bits per heavy atom. The van der Waals surface area contributed by atoms with Gasteiger partial charge in [-0.3, -0.25) is 9.11 Å². The predicted octanol–water partition coefficient (Wildman–Crippen LogP) is 1.35. The van der Waals surface area contributed by atoms with Crippen LogP contribution in [0, 0.1) is 6.92 Å². The van der Waals surface area contributed by atoms with Crippen LogP contribution in [-0.4, -0.2) is 31.0 Å². The summed E-state index contributed by atoms with van der Waals surface area (Å²) in [7, 11) is -9.24. The van der Waals surface area contributed by atoms with E-state index in [0.29, 0.717) is 5.56 Å². The highest BCUT2D eigenvalue weighted by atomic mass is 32.2. The zero-order valence-electron chi connectivity index (χ0n) is 10.1. The molecule has 9 heteroatoms. The van der Waals surface area contributed by atoms with Gasteiger partial charge in [0, 0.05) is 16.8 Å². The third-order valence-corrected chi connectivity index (χ3v) is 4.55. The van der Waals surface area contributed by atoms with Crippen molar-refractivity contribution in [3.8, 4) is 5.75 Å². The van der Waals surface area contributed by atoms with E-state index in [1.165, 1.54) is 6.07 Å². The van der Waals surface area contributed by atoms with Crippen molar-refractivity contribution in [2.75, 3.05) is 0 Å². The first-order valence-corrected chi connectivity index (χ1v) is 8.11. The molecule has 108 valence electrons. The molecule has 0 aliphatic rings. The molecular formula is C11H10O7S2. The molecule has 0 amide bonds. The van der Waals surface area contributed by atoms with E-state index in [0.717, 1.165) is 18.2 Å². The molecule has 0 unspecified atom stereocenters. The topological polar surface area (TPSA) is 129 Å². The van der Waals surface area contributed by atoms with Crippen LogP contribution in [0.5, 0.6) is 5.75 Å². The fourth-order valence-electron chi connectivity index (χ4n) is 1.96. The summed E-state index contributed by atoms with van der Waals surface area (Å²) in [4.78, 5) is -1.23. The first-order chi connectivity index (χ1) is 9.01. The van der Waals surface area contributed by atoms with E-state index < -0.39 is 35.8 Å². The van der Waals surface area contributed by atoms with Gasteiger partial charge in [-0.05, 0) is 24.6 Å². The lowest BCUT2D eigenvalue weighted by Gasteiger charge is -2.10. The molecule has 0 aliphatic carbocycles. The highest BCUT2D eigenvalue weighted by Gasteiger charge is 2.20. The average Bonchev–Trinajstić information content (AvgIpc) is 2.25. The monoisotopic (exact) mass is 318 g/mol. The van der Waals surface area contributed by atoms with E-state index in [1.807, 2.05) is 0 Å². The maximum Gasteiger partial charge on any atom is 0.295 e. The molecular weight excluding hydrogens is 308 g/mol. The van der Waals surface area contributed by atoms with Gasteiger partial charge in [-0.25, -0.2) is 0 Å². The minimum atomic E-state index is -4.63. The van der Waals surface area contributed by atoms with Crippen LogP contribution in [0.25, 0.3) is 10.8 Å². The maximum absolute atomic E-state index is 11.3. The standard InChI is InChI=1S/C11H10O7S2/c1-6-2-3-10(20(16,17)18)8-4-7(19(13,14)15)5-9(12)11(6)8/h2-5,12H,1H3,(H,13,14,15)(H,16,17,18). The molecule has 0 radical (unpaired) electrons. The fraction of sp³-hybridized carbons (Fsp3) is 0.0909. The van der Waals surface area contributed by atoms with E-state index in [4.69, 9.17) is 9.11 Å². The Labute approximate surface area is 115 Å². The Kier molecular flexibility index (Phi) is 3.25. The molecule has 0 atom stereocenters. The van der Waals surface area contributed by atoms with Gasteiger partial charge in [0.25, 0.3) is 20.2 Å². The summed E-state index contributed by atoms with van der Waals surface area (Å²) < 4.78 is 62.9. The van der Waals surface area contributed by atoms with Crippen molar-refractivity contribution in [3.63, 3.8) is 0 Å². The van der Waals surface area contributed by atoms with Crippen LogP contribution in [0.4, 0.5) is 0 Å². The highest BCUT2D eigenvalue weighted by molar-refractivity contribution is 7.86. The Balaban J connectivity index is 3.08. The zero-order chi connectivity index (χ0) is 15.3. The van der Waals surface area contributed by atoms with Gasteiger partial charge in [-0.15, -0.1) is 0 Å². The van der Waals surface area contributed by atoms with Gasteiger partial charge in [0.2, 0.25) is 0 Å². The minimum absolute atomic E-state index is 0.0764. The van der Waals surface area contributed by atoms with Gasteiger partial charge in [-0.1, -0.05) is 6.07 Å². The SMILES string of the molecule is Cc1ccc(S(=O)(=O)O)c2cc(S(=O)(=O)O)cc(O)c12. The minimum Gasteiger partial charge on any atom is -0.507 e. The molecule has 7 nitrogen and oxygen atoms in total. The number of aryl methyl sites for hydroxylation is 1. The second kappa shape index (κ2) is 4.42. The molecule has 3 N–H and O–H groups in total. The molecule has 0 saturated carbocycles. The van der Waals surface area contributed by atoms with E-state index in [-0.39, 0.29) is 10.8 Å². The van der Waals surface area contributed by atoms with Gasteiger partial charge >= 0.3 is 0 Å². The second-order valence-electron chi connectivity index (χ2n) is 4.20. The summed E-state index contributed by atoms with van der Waals surface area (Å²) in [5, 5.41) is 9.72. The molecule has 0 saturated heterocycles. The van der Waals surface area contributed by atoms with Gasteiger partial charge in [0.1, 0.15) is 10.6 Å². The lowest BCUT2D eigenvalue weighted by molar-refractivity contribution is 0.470. The molecule has 0 heterocycles. The zero-order valence-corrected chi connectivity index (χ0v) is 11.7. The molecule has 2 rings (SSSR count). The third-order valence-electron chi connectivity index (χ3n) is 2.81. The number of rotatable bonds is 2. The predicted molar refractivity (Wildman–Crippen MR) is 70.0 cm³/mol. The number of phenolic OH excluding ortho intramolecular Hbond substituents is 1. The maximum atomic E-state index is 11.3. The normalized spacial score (nSPS) is 12.8. The highest BCUT2D eigenvalue weighted by Crippen LogP contribution is 2.35. The Morgan fingerprint density at radius 1 is 0.950 bits per heavy atom. The molecule has 0 spiro atoms. The summed E-state index contributed by atoms with van der Waals surface area (Å²) in [5.41, 5.74) is 0.479. The van der Waals surface area contributed by atoms with E-state index in [9.17, 15) is 21.9 Å². The Hall–Kier alpha value is -1.68. The van der Waals surface area contributed by atoms with E-state index in [1.54, 1.807) is 6.92 Å². The van der Waals surface area contributed by atoms with Gasteiger partial charge in [0.05, 0.1) is 4.90 Å². The largest absolute Gasteiger partial charge is 0.507 e. The first-order valence-electron chi connectivity index (χ1n) is 5.23. The van der Waals surface area contributed by atoms with Crippen LogP contribution in [0.3, 0.4) is 0 Å². The van der Waals surface area contributed by atoms with Crippen molar-refractivity contribution in [2.45, 2.75) is 16.7 Å². The van der Waals surface area contributed by atoms with E-state index >= 15 is 0 Å². The van der Waals surface area contributed by atoms with Crippen molar-refractivity contribution < 1.29 is 31.0 Å². The number of fused-ring (bicyclic) bond motifs is 1. The lowest BCUT2D eigenvalue weighted by Crippen LogP contribution is -2.02. The second-order valence-corrected chi connectivity index (χ2v) is 7.01. The summed E-state index contributed by atoms with van der Waals surface area (Å²) in [5.74, 6) is -0.516. The summed E-state index contributed by atoms with van der Waals surface area (Å²) in [6.45, 7) is 1.57. The molecule has 2 aromatic rings. The molecule has 2 aromatic carbocycles. The number of hydrogen-bond donors (Lipinski definition) is 3. The van der Waals surface area contributed by atoms with Gasteiger partial charge < -0.3 is 5.11 Å². The van der Waals surface area contributed by atoms with Crippen molar-refractivity contribution >= 4 is 31.0 Å². The number of benzene rings is 2. The number of aromatic hydroxyl groups is 1. The molecule has 0 bridgehead atoms. The van der Waals surface area contributed by atoms with Crippen LogP contribution in [0.1, 0.15) is 5.56 Å². The quantitative estimate of drug-likeness (QED) is 0.713. The number of phenols is 1. The number of hydrogen-bond acceptors (Lipinski definition) is 5. The summed E-state index contributed by atoms with van der Waals surface area (Å²) >= 11 is 0. The van der Waals surface area contributed by atoms with Crippen molar-refractivity contribution in [1.82, 2.24) is 0 Å². The fourth-order valence-corrected chi connectivity index (χ4v) is 3.16. The van der Waals surface area contributed by atoms with E-state index in [2.05, 4.69) is 0 Å². The first kappa shape index (κ1) is 14.7. The van der Waals surface area contributed by atoms with Crippen LogP contribution in [0.15, 0.2) is 34.1 Å². The Morgan fingerprint density at radius 3 is 2.05 bits per heavy atom. The van der Waals surface area contributed by atoms with Crippen LogP contribution in [-0.2, 0) is 20.2 Å². The van der Waals surface area contributed by atoms with Crippen molar-refractivity contribution in [1.29, 1.82) is 0 Å². The molecule has 0 aromatic heterocycles. The molecule has 0 fully saturated rings. The lowest BCUT2D eigenvalue weighted by atomic mass is 10.0. The van der Waals surface area contributed by atoms with Gasteiger partial charge in [0.15, 0.2) is 0 Å². The Bertz CT molecular complexity index is 911. The van der Waals surface area contributed by atoms with Gasteiger partial charge in [-0.2, -0.15) is 16.8 Å². The van der Waals surface area contributed by atoms with Crippen molar-refractivity contribution in [2.24, 2.45) is 0 Å². The summed E-state index contributed by atoms with van der Waals surface area (Å²) in [6.07, 6.45) is 0. The summed E-state index contributed by atoms with van der Waals surface area (Å²) in [6, 6.07) is 4.12. The molecule has 20 heavy (non-hydrogen) atoms. The third kappa shape index (κ3) is 2.48. The van der Waals surface area contributed by atoms with Crippen molar-refractivity contribution in [3.05, 3.63) is 29.8 Å². The van der Waals surface area contributed by atoms with Crippen LogP contribution < -0.4 is 0 Å². The smallest absolute Gasteiger partial charge is 0.295 e. The van der Waals surface area contributed by atoms with Crippen LogP contribution in [0.2, 0.25) is 0 Å². The molecule has 0 aliphatic heterocycles.